The fraction of sp³-hybridized carbons (Fsp3) is 0.333. The predicted octanol–water partition coefficient (Wildman–Crippen LogP) is 3.87. The lowest BCUT2D eigenvalue weighted by atomic mass is 10.2. The summed E-state index contributed by atoms with van der Waals surface area (Å²) in [5.41, 5.74) is 3.09. The molecule has 6 nitrogen and oxygen atoms in total. The van der Waals surface area contributed by atoms with Crippen molar-refractivity contribution in [2.45, 2.75) is 20.4 Å². The fourth-order valence-corrected chi connectivity index (χ4v) is 3.96. The quantitative estimate of drug-likeness (QED) is 0.630. The number of methoxy groups -OCH3 is 1. The Balaban J connectivity index is 1.67. The zero-order chi connectivity index (χ0) is 20.1. The highest BCUT2D eigenvalue weighted by Gasteiger charge is 2.35. The van der Waals surface area contributed by atoms with Gasteiger partial charge in [0, 0.05) is 25.0 Å². The molecule has 1 aliphatic heterocycles. The van der Waals surface area contributed by atoms with E-state index in [1.165, 1.54) is 4.90 Å². The van der Waals surface area contributed by atoms with Crippen LogP contribution in [0.1, 0.15) is 17.0 Å². The number of ether oxygens (including phenoxy) is 2. The largest absolute Gasteiger partial charge is 0.492 e. The molecule has 0 saturated carbocycles. The summed E-state index contributed by atoms with van der Waals surface area (Å²) in [6, 6.07) is 11.4. The van der Waals surface area contributed by atoms with Crippen LogP contribution in [0.15, 0.2) is 41.3 Å². The summed E-state index contributed by atoms with van der Waals surface area (Å²) in [6.07, 6.45) is 1.80. The van der Waals surface area contributed by atoms with Crippen LogP contribution in [0.4, 0.5) is 4.79 Å². The number of rotatable bonds is 8. The Bertz CT molecular complexity index is 889. The number of hydrogen-bond acceptors (Lipinski definition) is 5. The maximum Gasteiger partial charge on any atom is 0.293 e. The SMILES string of the molecule is COCCn1c(C)cc(C=C2SC(=O)N(CCOc3ccccc3)C2=O)c1C. The van der Waals surface area contributed by atoms with Crippen LogP contribution >= 0.6 is 11.8 Å². The maximum absolute atomic E-state index is 12.7. The molecule has 2 heterocycles. The van der Waals surface area contributed by atoms with Crippen LogP contribution in [0.25, 0.3) is 6.08 Å². The van der Waals surface area contributed by atoms with Gasteiger partial charge in [0.15, 0.2) is 0 Å². The lowest BCUT2D eigenvalue weighted by Gasteiger charge is -2.13. The number of para-hydroxylation sites is 1. The third-order valence-electron chi connectivity index (χ3n) is 4.62. The van der Waals surface area contributed by atoms with Gasteiger partial charge >= 0.3 is 0 Å². The van der Waals surface area contributed by atoms with E-state index in [1.807, 2.05) is 50.2 Å². The molecule has 0 bridgehead atoms. The van der Waals surface area contributed by atoms with Crippen molar-refractivity contribution >= 4 is 29.0 Å². The predicted molar refractivity (Wildman–Crippen MR) is 110 cm³/mol. The topological polar surface area (TPSA) is 60.8 Å². The number of thioether (sulfide) groups is 1. The van der Waals surface area contributed by atoms with E-state index in [4.69, 9.17) is 9.47 Å². The molecule has 0 N–H and O–H groups in total. The highest BCUT2D eigenvalue weighted by Crippen LogP contribution is 2.33. The number of aromatic nitrogens is 1. The number of aryl methyl sites for hydroxylation is 1. The molecule has 1 aromatic carbocycles. The first-order chi connectivity index (χ1) is 13.5. The Labute approximate surface area is 169 Å². The first-order valence-electron chi connectivity index (χ1n) is 9.10. The van der Waals surface area contributed by atoms with Gasteiger partial charge in [0.25, 0.3) is 11.1 Å². The van der Waals surface area contributed by atoms with Crippen molar-refractivity contribution in [3.63, 3.8) is 0 Å². The second-order valence-corrected chi connectivity index (χ2v) is 7.46. The number of amides is 2. The third-order valence-corrected chi connectivity index (χ3v) is 5.53. The number of imide groups is 1. The summed E-state index contributed by atoms with van der Waals surface area (Å²) >= 11 is 0.974. The molecule has 7 heteroatoms. The number of benzene rings is 1. The molecule has 148 valence electrons. The zero-order valence-electron chi connectivity index (χ0n) is 16.3. The van der Waals surface area contributed by atoms with Gasteiger partial charge in [-0.25, -0.2) is 0 Å². The van der Waals surface area contributed by atoms with Gasteiger partial charge in [-0.05, 0) is 55.4 Å². The molecule has 1 aliphatic rings. The highest BCUT2D eigenvalue weighted by atomic mass is 32.2. The van der Waals surface area contributed by atoms with Crippen LogP contribution in [-0.2, 0) is 16.1 Å². The Kier molecular flexibility index (Phi) is 6.59. The van der Waals surface area contributed by atoms with E-state index in [-0.39, 0.29) is 24.3 Å². The van der Waals surface area contributed by atoms with Gasteiger partial charge in [-0.1, -0.05) is 18.2 Å². The summed E-state index contributed by atoms with van der Waals surface area (Å²) < 4.78 is 12.9. The molecule has 1 fully saturated rings. The van der Waals surface area contributed by atoms with E-state index in [1.54, 1.807) is 13.2 Å². The van der Waals surface area contributed by atoms with Crippen molar-refractivity contribution in [3.8, 4) is 5.75 Å². The Hall–Kier alpha value is -2.51. The highest BCUT2D eigenvalue weighted by molar-refractivity contribution is 8.18. The number of carbonyl (C=O) groups excluding carboxylic acids is 2. The second kappa shape index (κ2) is 9.12. The number of nitrogens with zero attached hydrogens (tertiary/aromatic N) is 2. The molecule has 0 radical (unpaired) electrons. The third kappa shape index (κ3) is 4.48. The van der Waals surface area contributed by atoms with E-state index in [0.717, 1.165) is 35.3 Å². The molecular weight excluding hydrogens is 376 g/mol. The normalized spacial score (nSPS) is 15.7. The maximum atomic E-state index is 12.7. The van der Waals surface area contributed by atoms with Crippen molar-refractivity contribution in [2.75, 3.05) is 26.9 Å². The molecule has 2 aromatic rings. The average molecular weight is 401 g/mol. The van der Waals surface area contributed by atoms with Gasteiger partial charge in [0.2, 0.25) is 0 Å². The first kappa shape index (κ1) is 20.2. The van der Waals surface area contributed by atoms with Crippen molar-refractivity contribution in [3.05, 3.63) is 58.3 Å². The van der Waals surface area contributed by atoms with Crippen LogP contribution in [0.3, 0.4) is 0 Å². The minimum absolute atomic E-state index is 0.226. The summed E-state index contributed by atoms with van der Waals surface area (Å²) in [7, 11) is 1.67. The first-order valence-corrected chi connectivity index (χ1v) is 9.91. The Morgan fingerprint density at radius 1 is 1.07 bits per heavy atom. The van der Waals surface area contributed by atoms with Crippen LogP contribution in [0.2, 0.25) is 0 Å². The van der Waals surface area contributed by atoms with Gasteiger partial charge in [0.1, 0.15) is 12.4 Å². The molecule has 0 unspecified atom stereocenters. The van der Waals surface area contributed by atoms with E-state index in [2.05, 4.69) is 4.57 Å². The molecule has 1 saturated heterocycles. The summed E-state index contributed by atoms with van der Waals surface area (Å²) in [5.74, 6) is 0.446. The molecule has 1 aromatic heterocycles. The van der Waals surface area contributed by atoms with Crippen molar-refractivity contribution in [1.82, 2.24) is 9.47 Å². The molecular formula is C21H24N2O4S. The van der Waals surface area contributed by atoms with Gasteiger partial charge in [-0.2, -0.15) is 0 Å². The Morgan fingerprint density at radius 3 is 2.54 bits per heavy atom. The van der Waals surface area contributed by atoms with Crippen molar-refractivity contribution < 1.29 is 19.1 Å². The molecule has 0 aliphatic carbocycles. The summed E-state index contributed by atoms with van der Waals surface area (Å²) in [4.78, 5) is 26.6. The lowest BCUT2D eigenvalue weighted by Crippen LogP contribution is -2.32. The smallest absolute Gasteiger partial charge is 0.293 e. The second-order valence-electron chi connectivity index (χ2n) is 6.47. The van der Waals surface area contributed by atoms with E-state index >= 15 is 0 Å². The van der Waals surface area contributed by atoms with Crippen molar-refractivity contribution in [1.29, 1.82) is 0 Å². The van der Waals surface area contributed by atoms with E-state index in [9.17, 15) is 9.59 Å². The van der Waals surface area contributed by atoms with Gasteiger partial charge in [-0.15, -0.1) is 0 Å². The van der Waals surface area contributed by atoms with Crippen LogP contribution in [0, 0.1) is 13.8 Å². The Morgan fingerprint density at radius 2 is 1.82 bits per heavy atom. The minimum atomic E-state index is -0.270. The van der Waals surface area contributed by atoms with E-state index in [0.29, 0.717) is 17.3 Å². The molecule has 28 heavy (non-hydrogen) atoms. The van der Waals surface area contributed by atoms with Crippen LogP contribution in [0.5, 0.6) is 5.75 Å². The zero-order valence-corrected chi connectivity index (χ0v) is 17.1. The summed E-state index contributed by atoms with van der Waals surface area (Å²) in [6.45, 7) is 5.89. The number of hydrogen-bond donors (Lipinski definition) is 0. The summed E-state index contributed by atoms with van der Waals surface area (Å²) in [5, 5.41) is -0.263. The molecule has 0 atom stereocenters. The van der Waals surface area contributed by atoms with Gasteiger partial charge in [-0.3, -0.25) is 14.5 Å². The van der Waals surface area contributed by atoms with E-state index < -0.39 is 0 Å². The average Bonchev–Trinajstić information content (AvgIpc) is 3.10. The monoisotopic (exact) mass is 400 g/mol. The molecule has 0 spiro atoms. The van der Waals surface area contributed by atoms with Gasteiger partial charge in [0.05, 0.1) is 18.1 Å². The molecule has 3 rings (SSSR count). The lowest BCUT2D eigenvalue weighted by molar-refractivity contribution is -0.123. The van der Waals surface area contributed by atoms with Gasteiger partial charge < -0.3 is 14.0 Å². The van der Waals surface area contributed by atoms with Crippen LogP contribution in [-0.4, -0.2) is 47.5 Å². The fourth-order valence-electron chi connectivity index (χ4n) is 3.11. The van der Waals surface area contributed by atoms with Crippen LogP contribution < -0.4 is 4.74 Å². The minimum Gasteiger partial charge on any atom is -0.492 e. The van der Waals surface area contributed by atoms with Crippen molar-refractivity contribution in [2.24, 2.45) is 0 Å². The number of carbonyl (C=O) groups is 2. The molecule has 2 amide bonds. The standard InChI is InChI=1S/C21H24N2O4S/c1-15-13-17(16(2)22(15)9-11-26-3)14-19-20(24)23(21(25)28-19)10-12-27-18-7-5-4-6-8-18/h4-8,13-14H,9-12H2,1-3H3.